The molecular formula is C25H23NO4. The molecule has 3 aromatic carbocycles. The van der Waals surface area contributed by atoms with E-state index in [4.69, 9.17) is 9.47 Å². The lowest BCUT2D eigenvalue weighted by molar-refractivity contribution is 0.0796. The van der Waals surface area contributed by atoms with Crippen LogP contribution in [0.15, 0.2) is 60.7 Å². The first kappa shape index (κ1) is 19.7. The van der Waals surface area contributed by atoms with Crippen LogP contribution in [0.3, 0.4) is 0 Å². The van der Waals surface area contributed by atoms with Gasteiger partial charge < -0.3 is 14.4 Å². The number of carbonyl (C=O) groups is 2. The Balaban J connectivity index is 1.48. The monoisotopic (exact) mass is 401 g/mol. The number of carbonyl (C=O) groups excluding carboxylic acids is 2. The van der Waals surface area contributed by atoms with Gasteiger partial charge in [0, 0.05) is 30.3 Å². The van der Waals surface area contributed by atoms with Crippen molar-refractivity contribution in [1.82, 2.24) is 4.90 Å². The molecule has 0 unspecified atom stereocenters. The quantitative estimate of drug-likeness (QED) is 0.485. The molecule has 1 amide bonds. The first-order valence-corrected chi connectivity index (χ1v) is 9.78. The van der Waals surface area contributed by atoms with Crippen molar-refractivity contribution in [2.45, 2.75) is 6.42 Å². The maximum atomic E-state index is 12.9. The van der Waals surface area contributed by atoms with Crippen LogP contribution in [0.4, 0.5) is 0 Å². The first-order valence-electron chi connectivity index (χ1n) is 9.78. The van der Waals surface area contributed by atoms with E-state index in [1.54, 1.807) is 38.3 Å². The van der Waals surface area contributed by atoms with Crippen LogP contribution >= 0.6 is 0 Å². The lowest BCUT2D eigenvalue weighted by atomic mass is 10.0. The second-order valence-corrected chi connectivity index (χ2v) is 7.30. The van der Waals surface area contributed by atoms with E-state index in [9.17, 15) is 9.59 Å². The minimum atomic E-state index is -0.109. The van der Waals surface area contributed by atoms with Crippen LogP contribution in [0, 0.1) is 0 Å². The molecule has 0 aliphatic heterocycles. The highest BCUT2D eigenvalue weighted by atomic mass is 16.5. The Morgan fingerprint density at radius 3 is 2.27 bits per heavy atom. The Bertz CT molecular complexity index is 1140. The van der Waals surface area contributed by atoms with Crippen molar-refractivity contribution in [3.8, 4) is 22.6 Å². The molecule has 0 saturated heterocycles. The largest absolute Gasteiger partial charge is 0.493 e. The van der Waals surface area contributed by atoms with E-state index in [1.807, 2.05) is 48.5 Å². The third-order valence-electron chi connectivity index (χ3n) is 5.50. The number of hydrogen-bond donors (Lipinski definition) is 0. The third kappa shape index (κ3) is 3.43. The van der Waals surface area contributed by atoms with Gasteiger partial charge in [0.1, 0.15) is 0 Å². The summed E-state index contributed by atoms with van der Waals surface area (Å²) in [6.07, 6.45) is 0.678. The molecule has 0 bridgehead atoms. The summed E-state index contributed by atoms with van der Waals surface area (Å²) in [5.74, 6) is 1.21. The number of benzene rings is 3. The SMILES string of the molecule is COc1ccc(CCN(C)C(=O)c2ccc3c(c2)C(=O)c2ccccc2-3)cc1OC. The van der Waals surface area contributed by atoms with E-state index >= 15 is 0 Å². The summed E-state index contributed by atoms with van der Waals surface area (Å²) in [7, 11) is 4.97. The van der Waals surface area contributed by atoms with E-state index in [1.165, 1.54) is 0 Å². The van der Waals surface area contributed by atoms with Crippen LogP contribution in [0.5, 0.6) is 11.5 Å². The standard InChI is InChI=1S/C25H23NO4/c1-26(13-12-16-8-11-22(29-2)23(14-16)30-3)25(28)17-9-10-19-18-6-4-5-7-20(18)24(27)21(19)15-17/h4-11,14-15H,12-13H2,1-3H3. The topological polar surface area (TPSA) is 55.8 Å². The Morgan fingerprint density at radius 2 is 1.53 bits per heavy atom. The van der Waals surface area contributed by atoms with Gasteiger partial charge in [-0.3, -0.25) is 9.59 Å². The summed E-state index contributed by atoms with van der Waals surface area (Å²) in [4.78, 5) is 27.3. The molecule has 3 aromatic rings. The van der Waals surface area contributed by atoms with E-state index in [2.05, 4.69) is 0 Å². The Labute approximate surface area is 175 Å². The highest BCUT2D eigenvalue weighted by molar-refractivity contribution is 6.22. The van der Waals surface area contributed by atoms with Crippen LogP contribution in [-0.2, 0) is 6.42 Å². The average molecular weight is 401 g/mol. The summed E-state index contributed by atoms with van der Waals surface area (Å²) in [6, 6.07) is 18.7. The molecule has 5 heteroatoms. The van der Waals surface area contributed by atoms with Gasteiger partial charge in [0.05, 0.1) is 14.2 Å². The molecular weight excluding hydrogens is 378 g/mol. The summed E-state index contributed by atoms with van der Waals surface area (Å²) >= 11 is 0. The predicted molar refractivity (Wildman–Crippen MR) is 116 cm³/mol. The fourth-order valence-corrected chi connectivity index (χ4v) is 3.82. The zero-order chi connectivity index (χ0) is 21.3. The zero-order valence-corrected chi connectivity index (χ0v) is 17.3. The van der Waals surface area contributed by atoms with E-state index in [-0.39, 0.29) is 11.7 Å². The molecule has 1 aliphatic carbocycles. The minimum Gasteiger partial charge on any atom is -0.493 e. The van der Waals surface area contributed by atoms with Crippen LogP contribution in [-0.4, -0.2) is 44.4 Å². The molecule has 0 heterocycles. The van der Waals surface area contributed by atoms with Crippen LogP contribution in [0.1, 0.15) is 31.8 Å². The molecule has 30 heavy (non-hydrogen) atoms. The third-order valence-corrected chi connectivity index (χ3v) is 5.50. The van der Waals surface area contributed by atoms with E-state index < -0.39 is 0 Å². The Hall–Kier alpha value is -3.60. The summed E-state index contributed by atoms with van der Waals surface area (Å²) in [6.45, 7) is 0.541. The molecule has 0 atom stereocenters. The number of ether oxygens (including phenoxy) is 2. The molecule has 0 aromatic heterocycles. The van der Waals surface area contributed by atoms with Crippen molar-refractivity contribution in [2.75, 3.05) is 27.8 Å². The predicted octanol–water partition coefficient (Wildman–Crippen LogP) is 4.23. The number of amides is 1. The fourth-order valence-electron chi connectivity index (χ4n) is 3.82. The van der Waals surface area contributed by atoms with Crippen LogP contribution < -0.4 is 9.47 Å². The van der Waals surface area contributed by atoms with Crippen molar-refractivity contribution in [3.63, 3.8) is 0 Å². The minimum absolute atomic E-state index is 0.0248. The number of rotatable bonds is 6. The molecule has 0 fully saturated rings. The highest BCUT2D eigenvalue weighted by Gasteiger charge is 2.27. The smallest absolute Gasteiger partial charge is 0.253 e. The zero-order valence-electron chi connectivity index (χ0n) is 17.3. The number of methoxy groups -OCH3 is 2. The average Bonchev–Trinajstić information content (AvgIpc) is 3.08. The van der Waals surface area contributed by atoms with Gasteiger partial charge in [-0.1, -0.05) is 36.4 Å². The van der Waals surface area contributed by atoms with Crippen LogP contribution in [0.25, 0.3) is 11.1 Å². The van der Waals surface area contributed by atoms with Gasteiger partial charge in [-0.15, -0.1) is 0 Å². The second-order valence-electron chi connectivity index (χ2n) is 7.30. The van der Waals surface area contributed by atoms with Gasteiger partial charge >= 0.3 is 0 Å². The fraction of sp³-hybridized carbons (Fsp3) is 0.200. The number of nitrogens with zero attached hydrogens (tertiary/aromatic N) is 1. The van der Waals surface area contributed by atoms with E-state index in [0.717, 1.165) is 16.7 Å². The van der Waals surface area contributed by atoms with Crippen molar-refractivity contribution < 1.29 is 19.1 Å². The highest BCUT2D eigenvalue weighted by Crippen LogP contribution is 2.36. The Morgan fingerprint density at radius 1 is 0.833 bits per heavy atom. The molecule has 5 nitrogen and oxygen atoms in total. The lowest BCUT2D eigenvalue weighted by Gasteiger charge is -2.18. The summed E-state index contributed by atoms with van der Waals surface area (Å²) < 4.78 is 10.6. The maximum Gasteiger partial charge on any atom is 0.253 e. The van der Waals surface area contributed by atoms with Crippen molar-refractivity contribution >= 4 is 11.7 Å². The van der Waals surface area contributed by atoms with Crippen LogP contribution in [0.2, 0.25) is 0 Å². The summed E-state index contributed by atoms with van der Waals surface area (Å²) in [5, 5.41) is 0. The van der Waals surface area contributed by atoms with Crippen molar-refractivity contribution in [1.29, 1.82) is 0 Å². The molecule has 0 spiro atoms. The number of fused-ring (bicyclic) bond motifs is 3. The number of ketones is 1. The Kier molecular flexibility index (Phi) is 5.27. The second kappa shape index (κ2) is 8.03. The van der Waals surface area contributed by atoms with Gasteiger partial charge in [-0.25, -0.2) is 0 Å². The van der Waals surface area contributed by atoms with Gasteiger partial charge in [-0.05, 0) is 47.4 Å². The molecule has 152 valence electrons. The van der Waals surface area contributed by atoms with Crippen molar-refractivity contribution in [3.05, 3.63) is 82.9 Å². The van der Waals surface area contributed by atoms with Gasteiger partial charge in [0.2, 0.25) is 0 Å². The summed E-state index contributed by atoms with van der Waals surface area (Å²) in [5.41, 5.74) is 4.67. The molecule has 0 N–H and O–H groups in total. The molecule has 0 saturated carbocycles. The molecule has 0 radical (unpaired) electrons. The first-order chi connectivity index (χ1) is 14.5. The maximum absolute atomic E-state index is 12.9. The van der Waals surface area contributed by atoms with Gasteiger partial charge in [0.15, 0.2) is 17.3 Å². The van der Waals surface area contributed by atoms with Crippen molar-refractivity contribution in [2.24, 2.45) is 0 Å². The molecule has 1 aliphatic rings. The van der Waals surface area contributed by atoms with E-state index in [0.29, 0.717) is 41.2 Å². The normalized spacial score (nSPS) is 11.6. The van der Waals surface area contributed by atoms with Gasteiger partial charge in [0.25, 0.3) is 5.91 Å². The number of likely N-dealkylation sites (N-methyl/N-ethyl adjacent to an activating group) is 1. The number of hydrogen-bond acceptors (Lipinski definition) is 4. The lowest BCUT2D eigenvalue weighted by Crippen LogP contribution is -2.29. The van der Waals surface area contributed by atoms with Gasteiger partial charge in [-0.2, -0.15) is 0 Å². The molecule has 4 rings (SSSR count).